The summed E-state index contributed by atoms with van der Waals surface area (Å²) in [5.41, 5.74) is 17.0. The molecule has 0 radical (unpaired) electrons. The standard InChI is InChI=1S/C52H37NO/c1-51(2)42-26-13-11-25-40(42)49-45(51)29-17-30-47(49)53(35-20-7-4-8-21-35)36-32-41-39-24-12-16-31-48(39)54-50(41)46(33-36)52(34-18-5-3-6-19-34)43-27-14-9-22-37(43)38-23-10-15-28-44(38)52/h3-33H,1-2H3. The maximum Gasteiger partial charge on any atom is 0.140 e. The Bertz CT molecular complexity index is 2870. The van der Waals surface area contributed by atoms with E-state index in [9.17, 15) is 0 Å². The van der Waals surface area contributed by atoms with Gasteiger partial charge in [0.2, 0.25) is 0 Å². The SMILES string of the molecule is CC1(C)c2ccccc2-c2c(N(c3ccccc3)c3cc(C4(c5ccccc5)c5ccccc5-c5ccccc54)c4oc5ccccc5c4c3)cccc21. The lowest BCUT2D eigenvalue weighted by molar-refractivity contribution is 0.648. The van der Waals surface area contributed by atoms with Crippen LogP contribution in [0.2, 0.25) is 0 Å². The molecule has 0 N–H and O–H groups in total. The third-order valence-corrected chi connectivity index (χ3v) is 12.1. The normalized spacial score (nSPS) is 14.4. The van der Waals surface area contributed by atoms with Crippen LogP contribution in [0.5, 0.6) is 0 Å². The van der Waals surface area contributed by atoms with Gasteiger partial charge in [0.25, 0.3) is 0 Å². The van der Waals surface area contributed by atoms with E-state index in [-0.39, 0.29) is 5.41 Å². The number of para-hydroxylation sites is 2. The molecular formula is C52H37NO. The molecule has 9 aromatic rings. The highest BCUT2D eigenvalue weighted by Crippen LogP contribution is 2.59. The van der Waals surface area contributed by atoms with Crippen molar-refractivity contribution in [1.82, 2.24) is 0 Å². The lowest BCUT2D eigenvalue weighted by atomic mass is 9.67. The number of rotatable bonds is 5. The van der Waals surface area contributed by atoms with Crippen molar-refractivity contribution in [2.75, 3.05) is 4.90 Å². The summed E-state index contributed by atoms with van der Waals surface area (Å²) in [5, 5.41) is 2.21. The highest BCUT2D eigenvalue weighted by atomic mass is 16.3. The number of furan rings is 1. The average molecular weight is 692 g/mol. The van der Waals surface area contributed by atoms with E-state index in [4.69, 9.17) is 4.42 Å². The molecule has 0 atom stereocenters. The summed E-state index contributed by atoms with van der Waals surface area (Å²) in [5.74, 6) is 0. The molecule has 8 aromatic carbocycles. The molecule has 1 aromatic heterocycles. The first-order valence-electron chi connectivity index (χ1n) is 18.9. The smallest absolute Gasteiger partial charge is 0.140 e. The first-order chi connectivity index (χ1) is 26.6. The summed E-state index contributed by atoms with van der Waals surface area (Å²) >= 11 is 0. The molecule has 0 aliphatic heterocycles. The Balaban J connectivity index is 1.30. The molecule has 54 heavy (non-hydrogen) atoms. The lowest BCUT2D eigenvalue weighted by Crippen LogP contribution is -2.29. The second kappa shape index (κ2) is 11.4. The summed E-state index contributed by atoms with van der Waals surface area (Å²) < 4.78 is 7.05. The van der Waals surface area contributed by atoms with Gasteiger partial charge in [-0.2, -0.15) is 0 Å². The van der Waals surface area contributed by atoms with E-state index in [1.165, 1.54) is 50.1 Å². The summed E-state index contributed by atoms with van der Waals surface area (Å²) in [6.45, 7) is 4.71. The number of hydrogen-bond acceptors (Lipinski definition) is 2. The maximum atomic E-state index is 7.05. The summed E-state index contributed by atoms with van der Waals surface area (Å²) in [6.07, 6.45) is 0. The van der Waals surface area contributed by atoms with Crippen molar-refractivity contribution in [2.45, 2.75) is 24.7 Å². The zero-order chi connectivity index (χ0) is 36.0. The molecular weight excluding hydrogens is 655 g/mol. The van der Waals surface area contributed by atoms with Crippen molar-refractivity contribution in [3.05, 3.63) is 221 Å². The fourth-order valence-electron chi connectivity index (χ4n) is 9.83. The maximum absolute atomic E-state index is 7.05. The van der Waals surface area contributed by atoms with Crippen LogP contribution in [-0.2, 0) is 10.8 Å². The monoisotopic (exact) mass is 691 g/mol. The van der Waals surface area contributed by atoms with Gasteiger partial charge in [-0.3, -0.25) is 0 Å². The van der Waals surface area contributed by atoms with Crippen molar-refractivity contribution >= 4 is 39.0 Å². The molecule has 0 bridgehead atoms. The van der Waals surface area contributed by atoms with Gasteiger partial charge >= 0.3 is 0 Å². The van der Waals surface area contributed by atoms with E-state index in [1.807, 2.05) is 0 Å². The van der Waals surface area contributed by atoms with E-state index in [1.54, 1.807) is 0 Å². The third-order valence-electron chi connectivity index (χ3n) is 12.1. The topological polar surface area (TPSA) is 16.4 Å². The predicted octanol–water partition coefficient (Wildman–Crippen LogP) is 13.7. The van der Waals surface area contributed by atoms with Gasteiger partial charge in [0.15, 0.2) is 0 Å². The van der Waals surface area contributed by atoms with Crippen LogP contribution in [0.3, 0.4) is 0 Å². The average Bonchev–Trinajstić information content (AvgIpc) is 3.83. The highest BCUT2D eigenvalue weighted by molar-refractivity contribution is 6.09. The zero-order valence-electron chi connectivity index (χ0n) is 30.3. The van der Waals surface area contributed by atoms with Gasteiger partial charge in [0.1, 0.15) is 11.2 Å². The Kier molecular flexibility index (Phi) is 6.55. The fraction of sp³-hybridized carbons (Fsp3) is 0.0769. The van der Waals surface area contributed by atoms with Crippen LogP contribution in [0.1, 0.15) is 47.2 Å². The largest absolute Gasteiger partial charge is 0.456 e. The highest BCUT2D eigenvalue weighted by Gasteiger charge is 2.48. The molecule has 2 aliphatic carbocycles. The first kappa shape index (κ1) is 30.9. The van der Waals surface area contributed by atoms with Crippen LogP contribution in [0.25, 0.3) is 44.2 Å². The molecule has 1 heterocycles. The minimum atomic E-state index is -0.647. The van der Waals surface area contributed by atoms with Gasteiger partial charge < -0.3 is 9.32 Å². The minimum absolute atomic E-state index is 0.130. The van der Waals surface area contributed by atoms with Crippen LogP contribution in [-0.4, -0.2) is 0 Å². The Labute approximate surface area is 315 Å². The quantitative estimate of drug-likeness (QED) is 0.179. The second-order valence-electron chi connectivity index (χ2n) is 15.2. The number of benzene rings is 8. The van der Waals surface area contributed by atoms with Gasteiger partial charge in [0.05, 0.1) is 11.1 Å². The molecule has 0 fully saturated rings. The Morgan fingerprint density at radius 2 is 1.00 bits per heavy atom. The summed E-state index contributed by atoms with van der Waals surface area (Å²) in [7, 11) is 0. The molecule has 0 unspecified atom stereocenters. The van der Waals surface area contributed by atoms with Crippen LogP contribution < -0.4 is 4.90 Å². The van der Waals surface area contributed by atoms with E-state index in [2.05, 4.69) is 207 Å². The van der Waals surface area contributed by atoms with Crippen molar-refractivity contribution in [2.24, 2.45) is 0 Å². The molecule has 2 heteroatoms. The van der Waals surface area contributed by atoms with Crippen molar-refractivity contribution < 1.29 is 4.42 Å². The molecule has 0 saturated carbocycles. The van der Waals surface area contributed by atoms with Crippen LogP contribution >= 0.6 is 0 Å². The van der Waals surface area contributed by atoms with Crippen molar-refractivity contribution in [3.63, 3.8) is 0 Å². The van der Waals surface area contributed by atoms with E-state index in [0.29, 0.717) is 0 Å². The molecule has 0 saturated heterocycles. The molecule has 2 nitrogen and oxygen atoms in total. The number of hydrogen-bond donors (Lipinski definition) is 0. The molecule has 256 valence electrons. The summed E-state index contributed by atoms with van der Waals surface area (Å²) in [6, 6.07) is 68.8. The van der Waals surface area contributed by atoms with Crippen LogP contribution in [0.4, 0.5) is 17.1 Å². The summed E-state index contributed by atoms with van der Waals surface area (Å²) in [4.78, 5) is 2.48. The molecule has 0 spiro atoms. The van der Waals surface area contributed by atoms with Crippen molar-refractivity contribution in [3.8, 4) is 22.3 Å². The molecule has 2 aliphatic rings. The molecule has 11 rings (SSSR count). The minimum Gasteiger partial charge on any atom is -0.456 e. The Morgan fingerprint density at radius 3 is 1.72 bits per heavy atom. The van der Waals surface area contributed by atoms with Gasteiger partial charge in [-0.25, -0.2) is 0 Å². The first-order valence-corrected chi connectivity index (χ1v) is 18.9. The zero-order valence-corrected chi connectivity index (χ0v) is 30.3. The van der Waals surface area contributed by atoms with Crippen LogP contribution in [0.15, 0.2) is 192 Å². The van der Waals surface area contributed by atoms with E-state index < -0.39 is 5.41 Å². The van der Waals surface area contributed by atoms with Gasteiger partial charge in [-0.1, -0.05) is 166 Å². The van der Waals surface area contributed by atoms with E-state index in [0.717, 1.165) is 44.6 Å². The van der Waals surface area contributed by atoms with Crippen LogP contribution in [0, 0.1) is 0 Å². The number of nitrogens with zero attached hydrogens (tertiary/aromatic N) is 1. The fourth-order valence-corrected chi connectivity index (χ4v) is 9.83. The second-order valence-corrected chi connectivity index (χ2v) is 15.2. The van der Waals surface area contributed by atoms with Gasteiger partial charge in [-0.15, -0.1) is 0 Å². The Morgan fingerprint density at radius 1 is 0.426 bits per heavy atom. The van der Waals surface area contributed by atoms with Gasteiger partial charge in [-0.05, 0) is 80.9 Å². The van der Waals surface area contributed by atoms with Crippen molar-refractivity contribution in [1.29, 1.82) is 0 Å². The lowest BCUT2D eigenvalue weighted by Gasteiger charge is -2.35. The van der Waals surface area contributed by atoms with Gasteiger partial charge in [0, 0.05) is 38.7 Å². The molecule has 0 amide bonds. The predicted molar refractivity (Wildman–Crippen MR) is 223 cm³/mol. The number of fused-ring (bicyclic) bond motifs is 9. The Hall–Kier alpha value is -6.64. The van der Waals surface area contributed by atoms with E-state index >= 15 is 0 Å². The number of anilines is 3. The third kappa shape index (κ3) is 4.11.